The number of hydrogen-bond acceptors (Lipinski definition) is 9. The van der Waals surface area contributed by atoms with E-state index in [2.05, 4.69) is 11.4 Å². The second-order valence-corrected chi connectivity index (χ2v) is 10.4. The Labute approximate surface area is 229 Å². The number of aliphatic imine (C=N–C) groups is 1. The number of carbonyl (C=O) groups excluding carboxylic acids is 2. The number of anilines is 2. The van der Waals surface area contributed by atoms with Crippen LogP contribution in [0.1, 0.15) is 11.1 Å². The third-order valence-corrected chi connectivity index (χ3v) is 8.41. The molecule has 38 heavy (non-hydrogen) atoms. The van der Waals surface area contributed by atoms with Gasteiger partial charge < -0.3 is 15.0 Å². The zero-order valence-corrected chi connectivity index (χ0v) is 22.3. The second-order valence-electron chi connectivity index (χ2n) is 8.41. The molecule has 1 N–H and O–H groups in total. The summed E-state index contributed by atoms with van der Waals surface area (Å²) in [7, 11) is 3.27. The molecule has 2 aliphatic rings. The second kappa shape index (κ2) is 11.0. The molecule has 0 aromatic heterocycles. The molecule has 0 aliphatic carbocycles. The lowest BCUT2D eigenvalue weighted by atomic mass is 10.2. The van der Waals surface area contributed by atoms with Gasteiger partial charge in [0.1, 0.15) is 11.4 Å². The van der Waals surface area contributed by atoms with E-state index in [0.717, 1.165) is 21.2 Å². The van der Waals surface area contributed by atoms with Crippen molar-refractivity contribution in [2.75, 3.05) is 30.9 Å². The first-order valence-corrected chi connectivity index (χ1v) is 13.3. The van der Waals surface area contributed by atoms with Crippen LogP contribution in [0.25, 0.3) is 0 Å². The van der Waals surface area contributed by atoms with Crippen molar-refractivity contribution in [2.45, 2.75) is 11.4 Å². The molecule has 2 heterocycles. The highest BCUT2D eigenvalue weighted by molar-refractivity contribution is 8.19. The Hall–Kier alpha value is -4.20. The lowest BCUT2D eigenvalue weighted by Crippen LogP contribution is -2.29. The zero-order valence-electron chi connectivity index (χ0n) is 20.7. The molecule has 190 valence electrons. The number of esters is 1. The number of nitrogens with zero attached hydrogens (tertiary/aromatic N) is 4. The molecule has 10 heteroatoms. The van der Waals surface area contributed by atoms with Crippen LogP contribution in [0.2, 0.25) is 0 Å². The van der Waals surface area contributed by atoms with Crippen LogP contribution in [0.4, 0.5) is 17.1 Å². The minimum atomic E-state index is -0.433. The summed E-state index contributed by atoms with van der Waals surface area (Å²) in [5.74, 6) is -0.572. The molecule has 0 radical (unpaired) electrons. The Morgan fingerprint density at radius 2 is 1.84 bits per heavy atom. The van der Waals surface area contributed by atoms with Gasteiger partial charge in [-0.25, -0.2) is 4.99 Å². The molecule has 0 saturated carbocycles. The van der Waals surface area contributed by atoms with E-state index in [0.29, 0.717) is 33.6 Å². The quantitative estimate of drug-likeness (QED) is 0.331. The summed E-state index contributed by atoms with van der Waals surface area (Å²) in [6, 6.07) is 24.9. The van der Waals surface area contributed by atoms with Gasteiger partial charge in [0.25, 0.3) is 5.91 Å². The van der Waals surface area contributed by atoms with Crippen LogP contribution in [0.15, 0.2) is 92.6 Å². The average Bonchev–Trinajstić information content (AvgIpc) is 3.44. The van der Waals surface area contributed by atoms with Crippen molar-refractivity contribution in [3.8, 4) is 6.07 Å². The van der Waals surface area contributed by atoms with E-state index >= 15 is 0 Å². The number of carbonyl (C=O) groups is 2. The molecule has 5 rings (SSSR count). The molecule has 1 fully saturated rings. The molecule has 1 amide bonds. The van der Waals surface area contributed by atoms with Crippen LogP contribution in [0.3, 0.4) is 0 Å². The van der Waals surface area contributed by atoms with Gasteiger partial charge in [-0.1, -0.05) is 54.2 Å². The van der Waals surface area contributed by atoms with Crippen LogP contribution < -0.4 is 10.2 Å². The maximum absolute atomic E-state index is 13.9. The van der Waals surface area contributed by atoms with Gasteiger partial charge in [0.05, 0.1) is 47.4 Å². The van der Waals surface area contributed by atoms with Crippen molar-refractivity contribution in [3.05, 3.63) is 93.9 Å². The van der Waals surface area contributed by atoms with Gasteiger partial charge in [0.15, 0.2) is 5.17 Å². The molecule has 3 aromatic carbocycles. The lowest BCUT2D eigenvalue weighted by molar-refractivity contribution is -0.138. The topological polar surface area (TPSA) is 98.0 Å². The predicted octanol–water partition coefficient (Wildman–Crippen LogP) is 5.32. The Morgan fingerprint density at radius 3 is 2.58 bits per heavy atom. The van der Waals surface area contributed by atoms with Gasteiger partial charge in [-0.05, 0) is 47.7 Å². The van der Waals surface area contributed by atoms with E-state index in [1.807, 2.05) is 66.5 Å². The van der Waals surface area contributed by atoms with Crippen molar-refractivity contribution >= 4 is 57.6 Å². The summed E-state index contributed by atoms with van der Waals surface area (Å²) < 4.78 is 4.74. The first-order chi connectivity index (χ1) is 18.5. The number of amides is 1. The fourth-order valence-electron chi connectivity index (χ4n) is 4.01. The summed E-state index contributed by atoms with van der Waals surface area (Å²) in [6.45, 7) is 0.279. The summed E-state index contributed by atoms with van der Waals surface area (Å²) in [4.78, 5) is 35.8. The fourth-order valence-corrected chi connectivity index (χ4v) is 6.35. The van der Waals surface area contributed by atoms with E-state index in [9.17, 15) is 14.9 Å². The summed E-state index contributed by atoms with van der Waals surface area (Å²) in [6.07, 6.45) is 0. The third kappa shape index (κ3) is 5.11. The monoisotopic (exact) mass is 541 g/mol. The van der Waals surface area contributed by atoms with Crippen molar-refractivity contribution in [1.82, 2.24) is 4.90 Å². The number of para-hydroxylation sites is 1. The average molecular weight is 542 g/mol. The maximum atomic E-state index is 13.9. The van der Waals surface area contributed by atoms with Gasteiger partial charge in [0.2, 0.25) is 0 Å². The Bertz CT molecular complexity index is 1510. The number of benzene rings is 3. The Balaban J connectivity index is 1.57. The largest absolute Gasteiger partial charge is 0.468 e. The Kier molecular flexibility index (Phi) is 7.40. The molecule has 2 aliphatic heterocycles. The number of nitriles is 1. The predicted molar refractivity (Wildman–Crippen MR) is 151 cm³/mol. The van der Waals surface area contributed by atoms with Gasteiger partial charge >= 0.3 is 5.97 Å². The molecule has 1 saturated heterocycles. The minimum Gasteiger partial charge on any atom is -0.468 e. The fraction of sp³-hybridized carbons (Fsp3) is 0.143. The minimum absolute atomic E-state index is 0.0605. The van der Waals surface area contributed by atoms with Crippen LogP contribution in [-0.4, -0.2) is 42.6 Å². The highest BCUT2D eigenvalue weighted by Crippen LogP contribution is 2.50. The van der Waals surface area contributed by atoms with Crippen LogP contribution >= 0.6 is 23.5 Å². The number of ether oxygens (including phenoxy) is 1. The van der Waals surface area contributed by atoms with E-state index < -0.39 is 5.97 Å². The molecule has 3 aromatic rings. The molecule has 0 unspecified atom stereocenters. The Morgan fingerprint density at radius 1 is 1.08 bits per heavy atom. The van der Waals surface area contributed by atoms with Gasteiger partial charge in [0, 0.05) is 11.9 Å². The first-order valence-electron chi connectivity index (χ1n) is 11.7. The molecule has 0 spiro atoms. The third-order valence-electron chi connectivity index (χ3n) is 5.97. The number of hydrogen-bond donors (Lipinski definition) is 1. The van der Waals surface area contributed by atoms with Crippen LogP contribution in [-0.2, 0) is 20.9 Å². The van der Waals surface area contributed by atoms with E-state index in [4.69, 9.17) is 9.73 Å². The number of nitrogens with one attached hydrogen (secondary N) is 1. The van der Waals surface area contributed by atoms with E-state index in [1.54, 1.807) is 34.9 Å². The van der Waals surface area contributed by atoms with Crippen molar-refractivity contribution in [3.63, 3.8) is 0 Å². The van der Waals surface area contributed by atoms with Crippen molar-refractivity contribution in [2.24, 2.45) is 4.99 Å². The molecular weight excluding hydrogens is 518 g/mol. The lowest BCUT2D eigenvalue weighted by Gasteiger charge is -2.17. The number of methoxy groups -OCH3 is 1. The molecule has 8 nitrogen and oxygen atoms in total. The van der Waals surface area contributed by atoms with Crippen LogP contribution in [0.5, 0.6) is 0 Å². The normalized spacial score (nSPS) is 17.5. The maximum Gasteiger partial charge on any atom is 0.325 e. The van der Waals surface area contributed by atoms with E-state index in [-0.39, 0.29) is 12.5 Å². The molecule has 0 atom stereocenters. The van der Waals surface area contributed by atoms with Crippen LogP contribution in [0, 0.1) is 11.3 Å². The molecular formula is C28H23N5O3S2. The first kappa shape index (κ1) is 25.4. The smallest absolute Gasteiger partial charge is 0.325 e. The van der Waals surface area contributed by atoms with Crippen molar-refractivity contribution in [1.29, 1.82) is 5.26 Å². The van der Waals surface area contributed by atoms with Gasteiger partial charge in [-0.3, -0.25) is 14.5 Å². The number of rotatable bonds is 6. The van der Waals surface area contributed by atoms with Crippen molar-refractivity contribution < 1.29 is 14.3 Å². The summed E-state index contributed by atoms with van der Waals surface area (Å²) >= 11 is 2.87. The number of thioether (sulfide) groups is 2. The zero-order chi connectivity index (χ0) is 26.6. The summed E-state index contributed by atoms with van der Waals surface area (Å²) in [5, 5.41) is 13.8. The SMILES string of the molecule is COC(=O)CNc1ccc(C#N)cc1N=C1SC(=C2Sc3ccccc3N2C)C(=O)N1Cc1ccccc1. The van der Waals surface area contributed by atoms with Gasteiger partial charge in [-0.2, -0.15) is 5.26 Å². The van der Waals surface area contributed by atoms with E-state index in [1.165, 1.54) is 18.9 Å². The standard InChI is InChI=1S/C28H23N5O3S2/c1-32-22-10-6-7-11-23(22)37-27(32)25-26(35)33(17-18-8-4-3-5-9-18)28(38-25)31-21-14-19(15-29)12-13-20(21)30-16-24(34)36-2/h3-14,30H,16-17H2,1-2H3. The summed E-state index contributed by atoms with van der Waals surface area (Å²) in [5.41, 5.74) is 3.42. The molecule has 0 bridgehead atoms. The van der Waals surface area contributed by atoms with Gasteiger partial charge in [-0.15, -0.1) is 0 Å². The highest BCUT2D eigenvalue weighted by Gasteiger charge is 2.39. The highest BCUT2D eigenvalue weighted by atomic mass is 32.2. The number of amidine groups is 1. The number of fused-ring (bicyclic) bond motifs is 1.